The van der Waals surface area contributed by atoms with E-state index in [0.29, 0.717) is 0 Å². The molecular formula is C14H12F3N2NaO10S2. The molecule has 1 saturated heterocycles. The monoisotopic (exact) mass is 512 g/mol. The largest absolute Gasteiger partial charge is 1.00 e. The molecule has 18 heteroatoms. The maximum atomic E-state index is 12.6. The van der Waals surface area contributed by atoms with Gasteiger partial charge >= 0.3 is 57.2 Å². The van der Waals surface area contributed by atoms with E-state index in [2.05, 4.69) is 8.47 Å². The summed E-state index contributed by atoms with van der Waals surface area (Å²) in [7, 11) is -11.5. The summed E-state index contributed by atoms with van der Waals surface area (Å²) in [4.78, 5) is 25.8. The fraction of sp³-hybridized carbons (Fsp3) is 0.429. The molecule has 0 aromatic heterocycles. The SMILES string of the molecule is CCOC(=O)C1c2ccc(OS(=O)(=O)C(F)(F)F)cc2C2CN1C(=O)N2OS(=O)(=O)[O-].[Na+]. The summed E-state index contributed by atoms with van der Waals surface area (Å²) in [5.41, 5.74) is -5.93. The topological polar surface area (TPSA) is 160 Å². The minimum Gasteiger partial charge on any atom is -0.724 e. The molecule has 3 rings (SSSR count). The molecule has 2 aliphatic heterocycles. The minimum absolute atomic E-state index is 0. The average molecular weight is 512 g/mol. The Morgan fingerprint density at radius 2 is 1.84 bits per heavy atom. The van der Waals surface area contributed by atoms with Gasteiger partial charge < -0.3 is 18.4 Å². The molecule has 0 spiro atoms. The summed E-state index contributed by atoms with van der Waals surface area (Å²) in [6.07, 6.45) is 0. The van der Waals surface area contributed by atoms with E-state index in [1.165, 1.54) is 6.92 Å². The van der Waals surface area contributed by atoms with Crippen LogP contribution in [0.4, 0.5) is 18.0 Å². The zero-order valence-electron chi connectivity index (χ0n) is 16.2. The van der Waals surface area contributed by atoms with Crippen LogP contribution in [0.1, 0.15) is 30.1 Å². The van der Waals surface area contributed by atoms with Crippen LogP contribution in [-0.2, 0) is 34.3 Å². The molecule has 1 aromatic rings. The van der Waals surface area contributed by atoms with Gasteiger partial charge in [-0.15, -0.1) is 0 Å². The summed E-state index contributed by atoms with van der Waals surface area (Å²) < 4.78 is 106. The van der Waals surface area contributed by atoms with E-state index >= 15 is 0 Å². The van der Waals surface area contributed by atoms with Crippen molar-refractivity contribution < 1.29 is 86.9 Å². The van der Waals surface area contributed by atoms with Gasteiger partial charge in [-0.05, 0) is 30.2 Å². The second kappa shape index (κ2) is 8.96. The molecule has 172 valence electrons. The maximum Gasteiger partial charge on any atom is 1.00 e. The van der Waals surface area contributed by atoms with Crippen LogP contribution in [0, 0.1) is 0 Å². The summed E-state index contributed by atoms with van der Waals surface area (Å²) in [6, 6.07) is -1.47. The molecule has 0 radical (unpaired) electrons. The number of urea groups is 1. The van der Waals surface area contributed by atoms with Crippen molar-refractivity contribution in [1.29, 1.82) is 0 Å². The van der Waals surface area contributed by atoms with E-state index in [4.69, 9.17) is 4.74 Å². The number of rotatable bonds is 6. The van der Waals surface area contributed by atoms with Gasteiger partial charge in [-0.2, -0.15) is 30.9 Å². The number of benzene rings is 1. The molecule has 1 fully saturated rings. The van der Waals surface area contributed by atoms with Crippen LogP contribution in [0.2, 0.25) is 0 Å². The predicted molar refractivity (Wildman–Crippen MR) is 88.9 cm³/mol. The van der Waals surface area contributed by atoms with Crippen LogP contribution < -0.4 is 33.7 Å². The number of hydroxylamine groups is 2. The van der Waals surface area contributed by atoms with Crippen molar-refractivity contribution in [2.24, 2.45) is 0 Å². The summed E-state index contributed by atoms with van der Waals surface area (Å²) in [6.45, 7) is 0.950. The molecule has 32 heavy (non-hydrogen) atoms. The molecule has 2 unspecified atom stereocenters. The smallest absolute Gasteiger partial charge is 0.724 e. The van der Waals surface area contributed by atoms with Crippen molar-refractivity contribution in [3.63, 3.8) is 0 Å². The Morgan fingerprint density at radius 1 is 1.22 bits per heavy atom. The number of nitrogens with zero attached hydrogens (tertiary/aromatic N) is 2. The molecule has 12 nitrogen and oxygen atoms in total. The zero-order chi connectivity index (χ0) is 23.4. The third-order valence-corrected chi connectivity index (χ3v) is 5.60. The van der Waals surface area contributed by atoms with E-state index in [-0.39, 0.29) is 52.4 Å². The molecule has 2 heterocycles. The number of halogens is 3. The second-order valence-corrected chi connectivity index (χ2v) is 8.69. The molecule has 1 aromatic carbocycles. The van der Waals surface area contributed by atoms with Crippen LogP contribution in [0.3, 0.4) is 0 Å². The van der Waals surface area contributed by atoms with Gasteiger partial charge in [-0.25, -0.2) is 18.0 Å². The Balaban J connectivity index is 0.00000363. The second-order valence-electron chi connectivity index (χ2n) is 6.19. The Kier molecular flexibility index (Phi) is 7.45. The van der Waals surface area contributed by atoms with Crippen molar-refractivity contribution in [3.05, 3.63) is 29.3 Å². The van der Waals surface area contributed by atoms with Crippen molar-refractivity contribution in [2.75, 3.05) is 13.2 Å². The zero-order valence-corrected chi connectivity index (χ0v) is 19.9. The number of hydrogen-bond donors (Lipinski definition) is 0. The van der Waals surface area contributed by atoms with E-state index in [1.54, 1.807) is 0 Å². The fourth-order valence-electron chi connectivity index (χ4n) is 3.18. The molecule has 2 amide bonds. The number of amides is 2. The molecule has 0 saturated carbocycles. The quantitative estimate of drug-likeness (QED) is 0.101. The predicted octanol–water partition coefficient (Wildman–Crippen LogP) is -2.29. The molecular weight excluding hydrogens is 500 g/mol. The molecule has 2 atom stereocenters. The first-order valence-corrected chi connectivity index (χ1v) is 11.0. The van der Waals surface area contributed by atoms with Crippen LogP contribution in [0.25, 0.3) is 0 Å². The minimum atomic E-state index is -6.04. The summed E-state index contributed by atoms with van der Waals surface area (Å²) >= 11 is 0. The van der Waals surface area contributed by atoms with Crippen LogP contribution in [0.5, 0.6) is 5.75 Å². The van der Waals surface area contributed by atoms with Crippen molar-refractivity contribution >= 4 is 32.5 Å². The Labute approximate surface area is 201 Å². The van der Waals surface area contributed by atoms with E-state index in [0.717, 1.165) is 23.1 Å². The Hall–Kier alpha value is -1.63. The van der Waals surface area contributed by atoms with E-state index in [9.17, 15) is 44.1 Å². The van der Waals surface area contributed by atoms with Gasteiger partial charge in [-0.3, -0.25) is 0 Å². The number of alkyl halides is 3. The van der Waals surface area contributed by atoms with Crippen LogP contribution in [-0.4, -0.2) is 62.0 Å². The van der Waals surface area contributed by atoms with Crippen molar-refractivity contribution in [1.82, 2.24) is 9.96 Å². The van der Waals surface area contributed by atoms with Crippen molar-refractivity contribution in [2.45, 2.75) is 24.5 Å². The van der Waals surface area contributed by atoms with Crippen LogP contribution in [0.15, 0.2) is 18.2 Å². The summed E-state index contributed by atoms with van der Waals surface area (Å²) in [5, 5.41) is 0.127. The molecule has 0 aliphatic carbocycles. The Bertz CT molecular complexity index is 1140. The first kappa shape index (κ1) is 26.6. The average Bonchev–Trinajstić information content (AvgIpc) is 2.87. The maximum absolute atomic E-state index is 12.6. The number of ether oxygens (including phenoxy) is 1. The van der Waals surface area contributed by atoms with Crippen molar-refractivity contribution in [3.8, 4) is 5.75 Å². The summed E-state index contributed by atoms with van der Waals surface area (Å²) in [5.74, 6) is -1.80. The molecule has 2 bridgehead atoms. The fourth-order valence-corrected chi connectivity index (χ4v) is 4.00. The van der Waals surface area contributed by atoms with Gasteiger partial charge in [-0.1, -0.05) is 6.07 Å². The Morgan fingerprint density at radius 3 is 2.38 bits per heavy atom. The number of hydrogen-bond acceptors (Lipinski definition) is 10. The van der Waals surface area contributed by atoms with Gasteiger partial charge in [0.25, 0.3) is 0 Å². The number of esters is 1. The first-order chi connectivity index (χ1) is 14.2. The van der Waals surface area contributed by atoms with Gasteiger partial charge in [0.1, 0.15) is 11.8 Å². The molecule has 2 aliphatic rings. The third kappa shape index (κ3) is 4.97. The number of carbonyl (C=O) groups excluding carboxylic acids is 2. The normalized spacial score (nSPS) is 20.5. The van der Waals surface area contributed by atoms with E-state index < -0.39 is 62.4 Å². The van der Waals surface area contributed by atoms with Gasteiger partial charge in [0, 0.05) is 0 Å². The standard InChI is InChI=1S/C14H13F3N2O10S2.Na/c1-2-27-12(20)11-8-4-3-7(28-30(22,23)14(15,16)17)5-9(8)10-6-18(11)13(21)19(10)29-31(24,25)26;/h3-5,10-11H,2,6H2,1H3,(H,24,25,26);/q;+1/p-1. The third-order valence-electron chi connectivity index (χ3n) is 4.28. The van der Waals surface area contributed by atoms with Gasteiger partial charge in [0.15, 0.2) is 6.04 Å². The van der Waals surface area contributed by atoms with E-state index in [1.807, 2.05) is 0 Å². The van der Waals surface area contributed by atoms with Gasteiger partial charge in [0.2, 0.25) is 10.4 Å². The molecule has 0 N–H and O–H groups in total. The first-order valence-electron chi connectivity index (χ1n) is 8.22. The van der Waals surface area contributed by atoms with Gasteiger partial charge in [0.05, 0.1) is 13.2 Å². The van der Waals surface area contributed by atoms with Crippen LogP contribution >= 0.6 is 0 Å². The number of fused-ring (bicyclic) bond motifs is 4. The number of carbonyl (C=O) groups is 2.